The molecule has 0 spiro atoms. The predicted octanol–water partition coefficient (Wildman–Crippen LogP) is 3.78. The number of thioether (sulfide) groups is 1. The maximum Gasteiger partial charge on any atom is 0.254 e. The van der Waals surface area contributed by atoms with Gasteiger partial charge in [-0.25, -0.2) is 8.78 Å². The van der Waals surface area contributed by atoms with E-state index in [-0.39, 0.29) is 28.3 Å². The summed E-state index contributed by atoms with van der Waals surface area (Å²) >= 11 is 1.63. The van der Waals surface area contributed by atoms with Gasteiger partial charge in [-0.05, 0) is 42.3 Å². The molecule has 0 aromatic heterocycles. The molecular formula is C24H27F2N3O2S. The van der Waals surface area contributed by atoms with Crippen molar-refractivity contribution >= 4 is 23.6 Å². The van der Waals surface area contributed by atoms with E-state index in [2.05, 4.69) is 4.90 Å². The maximum absolute atomic E-state index is 13.4. The van der Waals surface area contributed by atoms with Gasteiger partial charge in [0.2, 0.25) is 5.91 Å². The van der Waals surface area contributed by atoms with Gasteiger partial charge in [0.05, 0.1) is 5.25 Å². The van der Waals surface area contributed by atoms with E-state index >= 15 is 0 Å². The summed E-state index contributed by atoms with van der Waals surface area (Å²) < 4.78 is 26.8. The molecule has 2 aromatic rings. The average Bonchev–Trinajstić information content (AvgIpc) is 3.13. The summed E-state index contributed by atoms with van der Waals surface area (Å²) in [4.78, 5) is 31.4. The quantitative estimate of drug-likeness (QED) is 0.660. The fraction of sp³-hybridized carbons (Fsp3) is 0.417. The van der Waals surface area contributed by atoms with Gasteiger partial charge in [0, 0.05) is 44.8 Å². The number of piperazine rings is 1. The third-order valence-electron chi connectivity index (χ3n) is 6.05. The molecule has 32 heavy (non-hydrogen) atoms. The molecule has 4 rings (SSSR count). The molecule has 2 unspecified atom stereocenters. The molecule has 5 nitrogen and oxygen atoms in total. The highest BCUT2D eigenvalue weighted by atomic mass is 32.2. The first kappa shape index (κ1) is 22.7. The minimum atomic E-state index is -0.413. The zero-order valence-corrected chi connectivity index (χ0v) is 18.9. The monoisotopic (exact) mass is 459 g/mol. The van der Waals surface area contributed by atoms with Crippen molar-refractivity contribution in [3.63, 3.8) is 0 Å². The lowest BCUT2D eigenvalue weighted by Crippen LogP contribution is -2.50. The van der Waals surface area contributed by atoms with E-state index in [0.29, 0.717) is 44.8 Å². The van der Waals surface area contributed by atoms with E-state index in [1.807, 2.05) is 11.8 Å². The van der Waals surface area contributed by atoms with Crippen molar-refractivity contribution in [2.24, 2.45) is 0 Å². The first-order valence-electron chi connectivity index (χ1n) is 10.9. The maximum atomic E-state index is 13.4. The number of carbonyl (C=O) groups excluding carboxylic acids is 2. The lowest BCUT2D eigenvalue weighted by molar-refractivity contribution is -0.130. The second-order valence-electron chi connectivity index (χ2n) is 8.11. The van der Waals surface area contributed by atoms with Gasteiger partial charge in [-0.1, -0.05) is 25.1 Å². The molecule has 2 amide bonds. The summed E-state index contributed by atoms with van der Waals surface area (Å²) in [5.74, 6) is -0.722. The van der Waals surface area contributed by atoms with E-state index in [1.54, 1.807) is 40.9 Å². The molecule has 0 radical (unpaired) electrons. The Balaban J connectivity index is 1.34. The normalized spacial score (nSPS) is 21.9. The van der Waals surface area contributed by atoms with Crippen LogP contribution in [0.15, 0.2) is 48.5 Å². The van der Waals surface area contributed by atoms with E-state index < -0.39 is 5.82 Å². The summed E-state index contributed by atoms with van der Waals surface area (Å²) in [6.07, 6.45) is 0.762. The molecule has 170 valence electrons. The van der Waals surface area contributed by atoms with E-state index in [4.69, 9.17) is 0 Å². The third kappa shape index (κ3) is 4.96. The molecule has 2 heterocycles. The van der Waals surface area contributed by atoms with Gasteiger partial charge in [-0.2, -0.15) is 0 Å². The van der Waals surface area contributed by atoms with Gasteiger partial charge in [-0.15, -0.1) is 11.8 Å². The number of benzene rings is 2. The number of hydrogen-bond donors (Lipinski definition) is 0. The SMILES string of the molecule is CCC1SC(c2ccc(F)cc2)N(CCN2CCN(C(=O)c3cccc(F)c3)CC2)C1=O. The van der Waals surface area contributed by atoms with Gasteiger partial charge in [-0.3, -0.25) is 14.5 Å². The number of carbonyl (C=O) groups is 2. The standard InChI is InChI=1S/C24H27F2N3O2S/c1-2-21-23(31)29(24(32-21)17-6-8-19(25)9-7-17)15-12-27-10-13-28(14-11-27)22(30)18-4-3-5-20(26)16-18/h3-9,16,21,24H,2,10-15H2,1H3. The highest BCUT2D eigenvalue weighted by Crippen LogP contribution is 2.44. The van der Waals surface area contributed by atoms with Crippen LogP contribution in [0.1, 0.15) is 34.6 Å². The molecule has 2 aliphatic heterocycles. The van der Waals surface area contributed by atoms with Crippen LogP contribution in [-0.4, -0.2) is 71.0 Å². The molecule has 0 aliphatic carbocycles. The molecule has 0 bridgehead atoms. The Kier molecular flexibility index (Phi) is 7.10. The van der Waals surface area contributed by atoms with Crippen LogP contribution < -0.4 is 0 Å². The molecule has 0 N–H and O–H groups in total. The molecule has 8 heteroatoms. The van der Waals surface area contributed by atoms with Crippen LogP contribution in [0.2, 0.25) is 0 Å². The van der Waals surface area contributed by atoms with Crippen molar-refractivity contribution in [2.45, 2.75) is 24.0 Å². The average molecular weight is 460 g/mol. The van der Waals surface area contributed by atoms with Crippen molar-refractivity contribution in [1.29, 1.82) is 0 Å². The first-order valence-corrected chi connectivity index (χ1v) is 11.9. The zero-order valence-electron chi connectivity index (χ0n) is 18.0. The molecule has 2 aromatic carbocycles. The van der Waals surface area contributed by atoms with Crippen molar-refractivity contribution in [3.8, 4) is 0 Å². The Bertz CT molecular complexity index is 964. The van der Waals surface area contributed by atoms with Crippen LogP contribution in [0.5, 0.6) is 0 Å². The lowest BCUT2D eigenvalue weighted by Gasteiger charge is -2.36. The number of hydrogen-bond acceptors (Lipinski definition) is 4. The second kappa shape index (κ2) is 10.0. The van der Waals surface area contributed by atoms with E-state index in [9.17, 15) is 18.4 Å². The highest BCUT2D eigenvalue weighted by molar-refractivity contribution is 8.01. The number of halogens is 2. The number of nitrogens with zero attached hydrogens (tertiary/aromatic N) is 3. The van der Waals surface area contributed by atoms with Crippen LogP contribution >= 0.6 is 11.8 Å². The van der Waals surface area contributed by atoms with Gasteiger partial charge in [0.1, 0.15) is 17.0 Å². The summed E-state index contributed by atoms with van der Waals surface area (Å²) in [6.45, 7) is 5.84. The Labute approximate surface area is 191 Å². The summed E-state index contributed by atoms with van der Waals surface area (Å²) in [5, 5.41) is -0.185. The molecular weight excluding hydrogens is 432 g/mol. The molecule has 2 fully saturated rings. The van der Waals surface area contributed by atoms with E-state index in [0.717, 1.165) is 12.0 Å². The lowest BCUT2D eigenvalue weighted by atomic mass is 10.1. The van der Waals surface area contributed by atoms with Crippen LogP contribution in [0, 0.1) is 11.6 Å². The van der Waals surface area contributed by atoms with Crippen LogP contribution in [-0.2, 0) is 4.79 Å². The third-order valence-corrected chi connectivity index (χ3v) is 7.70. The van der Waals surface area contributed by atoms with Crippen LogP contribution in [0.4, 0.5) is 8.78 Å². The Morgan fingerprint density at radius 3 is 2.38 bits per heavy atom. The molecule has 0 saturated carbocycles. The Morgan fingerprint density at radius 2 is 1.72 bits per heavy atom. The second-order valence-corrected chi connectivity index (χ2v) is 9.40. The summed E-state index contributed by atoms with van der Waals surface area (Å²) in [5.41, 5.74) is 1.30. The van der Waals surface area contributed by atoms with Gasteiger partial charge in [0.15, 0.2) is 0 Å². The van der Waals surface area contributed by atoms with Gasteiger partial charge >= 0.3 is 0 Å². The van der Waals surface area contributed by atoms with Crippen molar-refractivity contribution in [1.82, 2.24) is 14.7 Å². The fourth-order valence-corrected chi connectivity index (χ4v) is 5.63. The Morgan fingerprint density at radius 1 is 1.00 bits per heavy atom. The largest absolute Gasteiger partial charge is 0.336 e. The van der Waals surface area contributed by atoms with Gasteiger partial charge in [0.25, 0.3) is 5.91 Å². The Hall–Kier alpha value is -2.45. The predicted molar refractivity (Wildman–Crippen MR) is 121 cm³/mol. The number of rotatable bonds is 6. The molecule has 2 aliphatic rings. The zero-order chi connectivity index (χ0) is 22.7. The van der Waals surface area contributed by atoms with Crippen LogP contribution in [0.3, 0.4) is 0 Å². The fourth-order valence-electron chi connectivity index (χ4n) is 4.20. The van der Waals surface area contributed by atoms with Gasteiger partial charge < -0.3 is 9.80 Å². The van der Waals surface area contributed by atoms with Crippen molar-refractivity contribution < 1.29 is 18.4 Å². The topological polar surface area (TPSA) is 43.9 Å². The summed E-state index contributed by atoms with van der Waals surface area (Å²) in [7, 11) is 0. The molecule has 2 saturated heterocycles. The van der Waals surface area contributed by atoms with Crippen LogP contribution in [0.25, 0.3) is 0 Å². The van der Waals surface area contributed by atoms with Crippen molar-refractivity contribution in [2.75, 3.05) is 39.3 Å². The van der Waals surface area contributed by atoms with Crippen molar-refractivity contribution in [3.05, 3.63) is 71.3 Å². The molecule has 2 atom stereocenters. The first-order chi connectivity index (χ1) is 15.5. The van der Waals surface area contributed by atoms with E-state index in [1.165, 1.54) is 24.3 Å². The number of amides is 2. The summed E-state index contributed by atoms with van der Waals surface area (Å²) in [6, 6.07) is 12.2. The smallest absolute Gasteiger partial charge is 0.254 e. The minimum Gasteiger partial charge on any atom is -0.336 e. The highest BCUT2D eigenvalue weighted by Gasteiger charge is 2.40. The minimum absolute atomic E-state index is 0.0780.